The van der Waals surface area contributed by atoms with Crippen molar-refractivity contribution in [2.24, 2.45) is 11.3 Å². The van der Waals surface area contributed by atoms with Gasteiger partial charge in [-0.2, -0.15) is 0 Å². The van der Waals surface area contributed by atoms with Crippen LogP contribution in [-0.2, 0) is 0 Å². The highest BCUT2D eigenvalue weighted by Gasteiger charge is 2.30. The molecule has 92 valence electrons. The van der Waals surface area contributed by atoms with E-state index in [2.05, 4.69) is 19.9 Å². The summed E-state index contributed by atoms with van der Waals surface area (Å²) < 4.78 is 0. The third-order valence-electron chi connectivity index (χ3n) is 4.20. The van der Waals surface area contributed by atoms with Crippen molar-refractivity contribution in [3.63, 3.8) is 0 Å². The first kappa shape index (κ1) is 12.5. The highest BCUT2D eigenvalue weighted by atomic mass is 35.5. The van der Waals surface area contributed by atoms with Crippen LogP contribution in [-0.4, -0.2) is 5.38 Å². The Morgan fingerprint density at radius 2 is 1.75 bits per heavy atom. The molecule has 0 saturated heterocycles. The number of halogens is 1. The molecular weight excluding hydrogens is 216 g/mol. The van der Waals surface area contributed by atoms with Crippen LogP contribution in [0.3, 0.4) is 0 Å². The van der Waals surface area contributed by atoms with E-state index in [0.29, 0.717) is 5.41 Å². The van der Waals surface area contributed by atoms with Crippen molar-refractivity contribution in [2.75, 3.05) is 0 Å². The summed E-state index contributed by atoms with van der Waals surface area (Å²) in [5, 5.41) is 0.280. The maximum atomic E-state index is 6.38. The van der Waals surface area contributed by atoms with Crippen LogP contribution in [0, 0.1) is 11.3 Å². The minimum atomic E-state index is 0.280. The molecule has 0 aromatic carbocycles. The molecule has 2 rings (SSSR count). The predicted octanol–water partition coefficient (Wildman–Crippen LogP) is 5.31. The fraction of sp³-hybridized carbons (Fsp3) is 0.867. The highest BCUT2D eigenvalue weighted by molar-refractivity contribution is 6.21. The molecule has 0 N–H and O–H groups in total. The van der Waals surface area contributed by atoms with Gasteiger partial charge in [-0.25, -0.2) is 0 Å². The molecular formula is C15H25Cl. The Labute approximate surface area is 105 Å². The number of hydrogen-bond acceptors (Lipinski definition) is 0. The van der Waals surface area contributed by atoms with Crippen LogP contribution in [0.15, 0.2) is 11.6 Å². The van der Waals surface area contributed by atoms with E-state index in [-0.39, 0.29) is 5.38 Å². The van der Waals surface area contributed by atoms with Gasteiger partial charge in [0.15, 0.2) is 0 Å². The topological polar surface area (TPSA) is 0 Å². The molecule has 2 aliphatic carbocycles. The summed E-state index contributed by atoms with van der Waals surface area (Å²) in [5.41, 5.74) is 2.10. The van der Waals surface area contributed by atoms with Crippen LogP contribution in [0.5, 0.6) is 0 Å². The van der Waals surface area contributed by atoms with Gasteiger partial charge in [0.05, 0.1) is 5.38 Å². The van der Waals surface area contributed by atoms with Crippen LogP contribution in [0.25, 0.3) is 0 Å². The molecule has 1 atom stereocenters. The van der Waals surface area contributed by atoms with Gasteiger partial charge in [-0.3, -0.25) is 0 Å². The predicted molar refractivity (Wildman–Crippen MR) is 71.9 cm³/mol. The smallest absolute Gasteiger partial charge is 0.0523 e. The Bertz CT molecular complexity index is 257. The quantitative estimate of drug-likeness (QED) is 0.331. The van der Waals surface area contributed by atoms with Gasteiger partial charge in [0.2, 0.25) is 0 Å². The summed E-state index contributed by atoms with van der Waals surface area (Å²) in [7, 11) is 0. The molecule has 16 heavy (non-hydrogen) atoms. The Morgan fingerprint density at radius 1 is 1.12 bits per heavy atom. The molecule has 0 aliphatic heterocycles. The van der Waals surface area contributed by atoms with Crippen LogP contribution < -0.4 is 0 Å². The minimum absolute atomic E-state index is 0.280. The van der Waals surface area contributed by atoms with E-state index in [1.165, 1.54) is 44.9 Å². The van der Waals surface area contributed by atoms with E-state index in [4.69, 9.17) is 11.6 Å². The Hall–Kier alpha value is 0.0300. The second-order valence-corrected chi connectivity index (χ2v) is 7.05. The maximum absolute atomic E-state index is 6.38. The first-order valence-electron chi connectivity index (χ1n) is 6.91. The first-order chi connectivity index (χ1) is 7.57. The van der Waals surface area contributed by atoms with Gasteiger partial charge in [0, 0.05) is 0 Å². The highest BCUT2D eigenvalue weighted by Crippen LogP contribution is 2.42. The fourth-order valence-electron chi connectivity index (χ4n) is 3.43. The van der Waals surface area contributed by atoms with Crippen molar-refractivity contribution in [3.8, 4) is 0 Å². The average molecular weight is 241 g/mol. The molecule has 0 amide bonds. The average Bonchev–Trinajstić information content (AvgIpc) is 2.42. The summed E-state index contributed by atoms with van der Waals surface area (Å²) in [4.78, 5) is 0. The van der Waals surface area contributed by atoms with Gasteiger partial charge >= 0.3 is 0 Å². The summed E-state index contributed by atoms with van der Waals surface area (Å²) >= 11 is 6.38. The fourth-order valence-corrected chi connectivity index (χ4v) is 4.01. The lowest BCUT2D eigenvalue weighted by Gasteiger charge is -2.35. The van der Waals surface area contributed by atoms with Crippen molar-refractivity contribution in [1.29, 1.82) is 0 Å². The molecule has 0 bridgehead atoms. The van der Waals surface area contributed by atoms with Gasteiger partial charge in [0.25, 0.3) is 0 Å². The number of allylic oxidation sites excluding steroid dienone is 2. The van der Waals surface area contributed by atoms with Crippen LogP contribution in [0.4, 0.5) is 0 Å². The summed E-state index contributed by atoms with van der Waals surface area (Å²) in [5.74, 6) is 0.850. The van der Waals surface area contributed by atoms with Gasteiger partial charge < -0.3 is 0 Å². The largest absolute Gasteiger partial charge is 0.118 e. The molecule has 0 aromatic heterocycles. The van der Waals surface area contributed by atoms with Crippen LogP contribution >= 0.6 is 11.6 Å². The monoisotopic (exact) mass is 240 g/mol. The van der Waals surface area contributed by atoms with Crippen molar-refractivity contribution < 1.29 is 0 Å². The van der Waals surface area contributed by atoms with E-state index in [1.54, 1.807) is 5.57 Å². The van der Waals surface area contributed by atoms with Gasteiger partial charge in [-0.1, -0.05) is 51.2 Å². The molecule has 1 saturated carbocycles. The van der Waals surface area contributed by atoms with Crippen LogP contribution in [0.1, 0.15) is 65.2 Å². The third-order valence-corrected chi connectivity index (χ3v) is 4.49. The number of hydrogen-bond donors (Lipinski definition) is 0. The lowest BCUT2D eigenvalue weighted by molar-refractivity contribution is 0.301. The van der Waals surface area contributed by atoms with Crippen LogP contribution in [0.2, 0.25) is 0 Å². The Kier molecular flexibility index (Phi) is 4.00. The molecule has 0 spiro atoms. The second kappa shape index (κ2) is 5.12. The molecule has 2 aliphatic rings. The normalized spacial score (nSPS) is 31.9. The number of rotatable bonds is 1. The SMILES string of the molecule is CC1(C)CC(C2CCCCCC2)=CC(Cl)C1. The Balaban J connectivity index is 2.06. The zero-order valence-electron chi connectivity index (χ0n) is 10.8. The lowest BCUT2D eigenvalue weighted by atomic mass is 9.72. The zero-order valence-corrected chi connectivity index (χ0v) is 11.5. The lowest BCUT2D eigenvalue weighted by Crippen LogP contribution is -2.25. The van der Waals surface area contributed by atoms with Crippen molar-refractivity contribution >= 4 is 11.6 Å². The van der Waals surface area contributed by atoms with Crippen molar-refractivity contribution in [1.82, 2.24) is 0 Å². The van der Waals surface area contributed by atoms with Gasteiger partial charge in [0.1, 0.15) is 0 Å². The first-order valence-corrected chi connectivity index (χ1v) is 7.35. The minimum Gasteiger partial charge on any atom is -0.118 e. The summed E-state index contributed by atoms with van der Waals surface area (Å²) in [6.45, 7) is 4.73. The summed E-state index contributed by atoms with van der Waals surface area (Å²) in [6.07, 6.45) is 13.4. The van der Waals surface area contributed by atoms with E-state index in [9.17, 15) is 0 Å². The van der Waals surface area contributed by atoms with Crippen molar-refractivity contribution in [2.45, 2.75) is 70.6 Å². The molecule has 1 fully saturated rings. The molecule has 0 nitrogen and oxygen atoms in total. The third kappa shape index (κ3) is 3.26. The molecule has 0 radical (unpaired) electrons. The zero-order chi connectivity index (χ0) is 11.6. The summed E-state index contributed by atoms with van der Waals surface area (Å²) in [6, 6.07) is 0. The second-order valence-electron chi connectivity index (χ2n) is 6.49. The van der Waals surface area contributed by atoms with E-state index in [0.717, 1.165) is 12.3 Å². The maximum Gasteiger partial charge on any atom is 0.0523 e. The van der Waals surface area contributed by atoms with E-state index < -0.39 is 0 Å². The Morgan fingerprint density at radius 3 is 2.31 bits per heavy atom. The molecule has 1 unspecified atom stereocenters. The molecule has 0 heterocycles. The van der Waals surface area contributed by atoms with E-state index >= 15 is 0 Å². The van der Waals surface area contributed by atoms with Gasteiger partial charge in [-0.15, -0.1) is 11.6 Å². The van der Waals surface area contributed by atoms with E-state index in [1.807, 2.05) is 0 Å². The molecule has 1 heteroatoms. The van der Waals surface area contributed by atoms with Gasteiger partial charge in [-0.05, 0) is 37.0 Å². The standard InChI is InChI=1S/C15H25Cl/c1-15(2)10-13(9-14(16)11-15)12-7-5-3-4-6-8-12/h9,12,14H,3-8,10-11H2,1-2H3. The molecule has 0 aromatic rings. The van der Waals surface area contributed by atoms with Crippen molar-refractivity contribution in [3.05, 3.63) is 11.6 Å². The number of alkyl halides is 1.